The molecule has 0 aliphatic carbocycles. The number of hydrogen-bond donors (Lipinski definition) is 1. The molecule has 0 saturated carbocycles. The van der Waals surface area contributed by atoms with Crippen molar-refractivity contribution in [3.05, 3.63) is 89.5 Å². The van der Waals surface area contributed by atoms with E-state index in [4.69, 9.17) is 14.2 Å². The van der Waals surface area contributed by atoms with E-state index in [9.17, 15) is 9.59 Å². The molecule has 0 radical (unpaired) electrons. The predicted molar refractivity (Wildman–Crippen MR) is 118 cm³/mol. The van der Waals surface area contributed by atoms with Crippen LogP contribution in [0.5, 0.6) is 11.5 Å². The Morgan fingerprint density at radius 2 is 1.68 bits per heavy atom. The largest absolute Gasteiger partial charge is 0.496 e. The average molecular weight is 419 g/mol. The number of methoxy groups -OCH3 is 1. The molecule has 160 valence electrons. The first kappa shape index (κ1) is 21.9. The quantitative estimate of drug-likeness (QED) is 0.523. The number of benzene rings is 3. The van der Waals surface area contributed by atoms with Crippen LogP contribution >= 0.6 is 0 Å². The summed E-state index contributed by atoms with van der Waals surface area (Å²) in [6, 6.07) is 22.4. The molecule has 0 aromatic heterocycles. The standard InChI is InChI=1S/C25H25NO5/c1-18-8-13-23(29-2)20(14-18)15-25(28)31-17-24(27)26-21-9-11-22(12-10-21)30-16-19-6-4-3-5-7-19/h3-14H,15-17H2,1-2H3,(H,26,27). The molecule has 3 aromatic rings. The number of aryl methyl sites for hydroxylation is 1. The second kappa shape index (κ2) is 10.8. The number of carbonyl (C=O) groups is 2. The minimum absolute atomic E-state index is 0.0333. The van der Waals surface area contributed by atoms with Crippen LogP contribution in [0.1, 0.15) is 16.7 Å². The summed E-state index contributed by atoms with van der Waals surface area (Å²) in [5, 5.41) is 2.70. The van der Waals surface area contributed by atoms with E-state index in [1.165, 1.54) is 0 Å². The molecule has 0 unspecified atom stereocenters. The third kappa shape index (κ3) is 6.89. The van der Waals surface area contributed by atoms with Crippen LogP contribution in [0.2, 0.25) is 0 Å². The number of carbonyl (C=O) groups excluding carboxylic acids is 2. The fraction of sp³-hybridized carbons (Fsp3) is 0.200. The van der Waals surface area contributed by atoms with E-state index in [2.05, 4.69) is 5.32 Å². The van der Waals surface area contributed by atoms with Crippen molar-refractivity contribution < 1.29 is 23.8 Å². The van der Waals surface area contributed by atoms with Crippen LogP contribution < -0.4 is 14.8 Å². The monoisotopic (exact) mass is 419 g/mol. The number of esters is 1. The van der Waals surface area contributed by atoms with Gasteiger partial charge in [0.25, 0.3) is 5.91 Å². The summed E-state index contributed by atoms with van der Waals surface area (Å²) >= 11 is 0. The van der Waals surface area contributed by atoms with Gasteiger partial charge in [0.1, 0.15) is 18.1 Å². The van der Waals surface area contributed by atoms with Crippen LogP contribution in [0.4, 0.5) is 5.69 Å². The lowest BCUT2D eigenvalue weighted by atomic mass is 10.1. The topological polar surface area (TPSA) is 73.9 Å². The lowest BCUT2D eigenvalue weighted by molar-refractivity contribution is -0.146. The summed E-state index contributed by atoms with van der Waals surface area (Å²) < 4.78 is 16.1. The maximum absolute atomic E-state index is 12.1. The molecule has 1 N–H and O–H groups in total. The van der Waals surface area contributed by atoms with Gasteiger partial charge in [-0.15, -0.1) is 0 Å². The van der Waals surface area contributed by atoms with Crippen molar-refractivity contribution >= 4 is 17.6 Å². The first-order valence-electron chi connectivity index (χ1n) is 9.89. The molecule has 0 atom stereocenters. The lowest BCUT2D eigenvalue weighted by Crippen LogP contribution is -2.21. The average Bonchev–Trinajstić information content (AvgIpc) is 2.78. The Bertz CT molecular complexity index is 1020. The van der Waals surface area contributed by atoms with Gasteiger partial charge in [0, 0.05) is 11.3 Å². The zero-order valence-electron chi connectivity index (χ0n) is 17.6. The summed E-state index contributed by atoms with van der Waals surface area (Å²) in [5.74, 6) is 0.396. The molecule has 0 aliphatic heterocycles. The second-order valence-electron chi connectivity index (χ2n) is 7.00. The SMILES string of the molecule is COc1ccc(C)cc1CC(=O)OCC(=O)Nc1ccc(OCc2ccccc2)cc1. The first-order valence-corrected chi connectivity index (χ1v) is 9.89. The van der Waals surface area contributed by atoms with Crippen LogP contribution in [0.15, 0.2) is 72.8 Å². The number of anilines is 1. The fourth-order valence-electron chi connectivity index (χ4n) is 2.97. The maximum Gasteiger partial charge on any atom is 0.310 e. The van der Waals surface area contributed by atoms with Gasteiger partial charge in [-0.2, -0.15) is 0 Å². The summed E-state index contributed by atoms with van der Waals surface area (Å²) in [6.07, 6.45) is 0.0333. The number of hydrogen-bond acceptors (Lipinski definition) is 5. The normalized spacial score (nSPS) is 10.3. The molecular formula is C25H25NO5. The molecule has 3 aromatic carbocycles. The van der Waals surface area contributed by atoms with Gasteiger partial charge in [-0.1, -0.05) is 48.0 Å². The van der Waals surface area contributed by atoms with Crippen LogP contribution in [0.3, 0.4) is 0 Å². The van der Waals surface area contributed by atoms with Gasteiger partial charge < -0.3 is 19.5 Å². The van der Waals surface area contributed by atoms with E-state index in [1.807, 2.05) is 49.4 Å². The number of rotatable bonds is 9. The van der Waals surface area contributed by atoms with Gasteiger partial charge in [0.05, 0.1) is 13.5 Å². The Balaban J connectivity index is 1.44. The van der Waals surface area contributed by atoms with E-state index in [0.717, 1.165) is 16.7 Å². The summed E-state index contributed by atoms with van der Waals surface area (Å²) in [6.45, 7) is 2.03. The van der Waals surface area contributed by atoms with Crippen LogP contribution in [0.25, 0.3) is 0 Å². The number of ether oxygens (including phenoxy) is 3. The van der Waals surface area contributed by atoms with Crippen molar-refractivity contribution in [3.63, 3.8) is 0 Å². The van der Waals surface area contributed by atoms with E-state index in [-0.39, 0.29) is 13.0 Å². The molecular weight excluding hydrogens is 394 g/mol. The maximum atomic E-state index is 12.1. The Morgan fingerprint density at radius 1 is 0.935 bits per heavy atom. The van der Waals surface area contributed by atoms with Crippen LogP contribution in [-0.2, 0) is 27.4 Å². The minimum atomic E-state index is -0.497. The Morgan fingerprint density at radius 3 is 2.39 bits per heavy atom. The van der Waals surface area contributed by atoms with Gasteiger partial charge in [0.15, 0.2) is 6.61 Å². The van der Waals surface area contributed by atoms with Crippen LogP contribution in [-0.4, -0.2) is 25.6 Å². The van der Waals surface area contributed by atoms with Crippen molar-refractivity contribution in [1.29, 1.82) is 0 Å². The molecule has 6 heteroatoms. The van der Waals surface area contributed by atoms with Gasteiger partial charge >= 0.3 is 5.97 Å². The number of nitrogens with one attached hydrogen (secondary N) is 1. The molecule has 0 fully saturated rings. The molecule has 0 saturated heterocycles. The van der Waals surface area contributed by atoms with Gasteiger partial charge in [-0.05, 0) is 42.8 Å². The van der Waals surface area contributed by atoms with Gasteiger partial charge in [0.2, 0.25) is 0 Å². The molecule has 0 spiro atoms. The highest BCUT2D eigenvalue weighted by Gasteiger charge is 2.12. The van der Waals surface area contributed by atoms with Gasteiger partial charge in [-0.3, -0.25) is 9.59 Å². The smallest absolute Gasteiger partial charge is 0.310 e. The molecule has 0 aliphatic rings. The van der Waals surface area contributed by atoms with Crippen molar-refractivity contribution in [2.45, 2.75) is 20.0 Å². The molecule has 1 amide bonds. The Hall–Kier alpha value is -3.80. The van der Waals surface area contributed by atoms with Gasteiger partial charge in [-0.25, -0.2) is 0 Å². The van der Waals surface area contributed by atoms with E-state index in [1.54, 1.807) is 37.4 Å². The zero-order valence-corrected chi connectivity index (χ0v) is 17.6. The lowest BCUT2D eigenvalue weighted by Gasteiger charge is -2.10. The highest BCUT2D eigenvalue weighted by molar-refractivity contribution is 5.93. The van der Waals surface area contributed by atoms with E-state index >= 15 is 0 Å². The van der Waals surface area contributed by atoms with Crippen molar-refractivity contribution in [3.8, 4) is 11.5 Å². The first-order chi connectivity index (χ1) is 15.0. The molecule has 6 nitrogen and oxygen atoms in total. The van der Waals surface area contributed by atoms with Crippen molar-refractivity contribution in [2.24, 2.45) is 0 Å². The Labute approximate surface area is 181 Å². The van der Waals surface area contributed by atoms with Crippen LogP contribution in [0, 0.1) is 6.92 Å². The van der Waals surface area contributed by atoms with E-state index in [0.29, 0.717) is 23.8 Å². The third-order valence-electron chi connectivity index (χ3n) is 4.52. The van der Waals surface area contributed by atoms with Crippen molar-refractivity contribution in [2.75, 3.05) is 19.0 Å². The summed E-state index contributed by atoms with van der Waals surface area (Å²) in [5.41, 5.74) is 3.40. The van der Waals surface area contributed by atoms with Crippen molar-refractivity contribution in [1.82, 2.24) is 0 Å². The zero-order chi connectivity index (χ0) is 22.1. The fourth-order valence-corrected chi connectivity index (χ4v) is 2.97. The molecule has 0 bridgehead atoms. The van der Waals surface area contributed by atoms with E-state index < -0.39 is 11.9 Å². The predicted octanol–water partition coefficient (Wildman–Crippen LogP) is 4.31. The molecule has 3 rings (SSSR count). The molecule has 0 heterocycles. The number of amides is 1. The molecule has 31 heavy (non-hydrogen) atoms. The Kier molecular flexibility index (Phi) is 7.65. The highest BCUT2D eigenvalue weighted by atomic mass is 16.5. The minimum Gasteiger partial charge on any atom is -0.496 e. The second-order valence-corrected chi connectivity index (χ2v) is 7.00. The third-order valence-corrected chi connectivity index (χ3v) is 4.52. The summed E-state index contributed by atoms with van der Waals surface area (Å²) in [4.78, 5) is 24.2. The summed E-state index contributed by atoms with van der Waals surface area (Å²) in [7, 11) is 1.55. The highest BCUT2D eigenvalue weighted by Crippen LogP contribution is 2.20.